The largest absolute Gasteiger partial charge is 0.508 e. The molecule has 0 heterocycles. The van der Waals surface area contributed by atoms with E-state index in [9.17, 15) is 10.2 Å². The SMILES string of the molecule is CC(C)(O[Si](C)(C)C(C)(C)CCCc1ccccc1O)[Si](C)(C)CCCc1ccccc1O. The fraction of sp³-hybridized carbons (Fsp3) is 0.571. The van der Waals surface area contributed by atoms with Gasteiger partial charge in [0.15, 0.2) is 8.32 Å². The highest BCUT2D eigenvalue weighted by Gasteiger charge is 2.48. The Labute approximate surface area is 204 Å². The van der Waals surface area contributed by atoms with Crippen LogP contribution in [0, 0.1) is 0 Å². The highest BCUT2D eigenvalue weighted by atomic mass is 28.4. The molecular formula is C28H46O3Si2. The monoisotopic (exact) mass is 486 g/mol. The molecular weight excluding hydrogens is 440 g/mol. The van der Waals surface area contributed by atoms with Crippen molar-refractivity contribution in [3.63, 3.8) is 0 Å². The Hall–Kier alpha value is -1.57. The molecule has 0 fully saturated rings. The van der Waals surface area contributed by atoms with Gasteiger partial charge in [0.1, 0.15) is 11.5 Å². The normalized spacial score (nSPS) is 13.3. The van der Waals surface area contributed by atoms with Gasteiger partial charge in [0.25, 0.3) is 0 Å². The molecule has 2 aromatic carbocycles. The van der Waals surface area contributed by atoms with Crippen LogP contribution in [0.25, 0.3) is 0 Å². The van der Waals surface area contributed by atoms with Gasteiger partial charge < -0.3 is 14.6 Å². The van der Waals surface area contributed by atoms with Crippen molar-refractivity contribution in [3.8, 4) is 11.5 Å². The predicted molar refractivity (Wildman–Crippen MR) is 146 cm³/mol. The van der Waals surface area contributed by atoms with Crippen LogP contribution in [-0.2, 0) is 17.3 Å². The van der Waals surface area contributed by atoms with E-state index in [0.717, 1.165) is 43.2 Å². The molecule has 0 amide bonds. The number of benzene rings is 2. The molecule has 0 radical (unpaired) electrons. The molecule has 33 heavy (non-hydrogen) atoms. The minimum Gasteiger partial charge on any atom is -0.508 e. The summed E-state index contributed by atoms with van der Waals surface area (Å²) in [5.74, 6) is 0.812. The minimum atomic E-state index is -2.01. The van der Waals surface area contributed by atoms with Crippen LogP contribution in [0.4, 0.5) is 0 Å². The Morgan fingerprint density at radius 2 is 1.18 bits per heavy atom. The molecule has 0 aliphatic heterocycles. The van der Waals surface area contributed by atoms with E-state index in [2.05, 4.69) is 53.9 Å². The van der Waals surface area contributed by atoms with Gasteiger partial charge in [0, 0.05) is 5.22 Å². The van der Waals surface area contributed by atoms with Crippen molar-refractivity contribution in [3.05, 3.63) is 59.7 Å². The summed E-state index contributed by atoms with van der Waals surface area (Å²) in [7, 11) is -3.69. The third-order valence-corrected chi connectivity index (χ3v) is 17.9. The van der Waals surface area contributed by atoms with E-state index >= 15 is 0 Å². The Bertz CT molecular complexity index is 830. The Kier molecular flexibility index (Phi) is 9.05. The summed E-state index contributed by atoms with van der Waals surface area (Å²) in [5, 5.41) is 20.2. The Balaban J connectivity index is 1.97. The van der Waals surface area contributed by atoms with Crippen LogP contribution in [0.15, 0.2) is 48.5 Å². The van der Waals surface area contributed by atoms with E-state index in [1.165, 1.54) is 6.04 Å². The molecule has 0 unspecified atom stereocenters. The number of para-hydroxylation sites is 2. The number of rotatable bonds is 12. The highest BCUT2D eigenvalue weighted by molar-refractivity contribution is 6.82. The van der Waals surface area contributed by atoms with Crippen LogP contribution in [0.1, 0.15) is 58.1 Å². The Morgan fingerprint density at radius 1 is 0.727 bits per heavy atom. The summed E-state index contributed by atoms with van der Waals surface area (Å²) in [5.41, 5.74) is 2.08. The maximum absolute atomic E-state index is 10.1. The topological polar surface area (TPSA) is 49.7 Å². The zero-order chi connectivity index (χ0) is 24.9. The number of aryl methyl sites for hydroxylation is 2. The molecule has 0 aliphatic rings. The van der Waals surface area contributed by atoms with Crippen molar-refractivity contribution in [1.29, 1.82) is 0 Å². The first kappa shape index (κ1) is 27.7. The van der Waals surface area contributed by atoms with E-state index in [4.69, 9.17) is 4.43 Å². The average molecular weight is 487 g/mol. The molecule has 2 aromatic rings. The van der Waals surface area contributed by atoms with Crippen molar-refractivity contribution in [2.45, 2.75) is 102 Å². The molecule has 0 aromatic heterocycles. The summed E-state index contributed by atoms with van der Waals surface area (Å²) < 4.78 is 7.11. The van der Waals surface area contributed by atoms with Gasteiger partial charge in [0.2, 0.25) is 0 Å². The van der Waals surface area contributed by atoms with Crippen LogP contribution in [-0.4, -0.2) is 31.8 Å². The molecule has 0 atom stereocenters. The Morgan fingerprint density at radius 3 is 1.67 bits per heavy atom. The van der Waals surface area contributed by atoms with Crippen LogP contribution in [0.5, 0.6) is 11.5 Å². The number of hydrogen-bond donors (Lipinski definition) is 2. The van der Waals surface area contributed by atoms with E-state index in [0.29, 0.717) is 11.5 Å². The summed E-state index contributed by atoms with van der Waals surface area (Å²) in [6, 6.07) is 16.5. The molecule has 0 aliphatic carbocycles. The lowest BCUT2D eigenvalue weighted by atomic mass is 10.0. The highest BCUT2D eigenvalue weighted by Crippen LogP contribution is 2.46. The van der Waals surface area contributed by atoms with Crippen molar-refractivity contribution < 1.29 is 14.6 Å². The van der Waals surface area contributed by atoms with Gasteiger partial charge in [-0.25, -0.2) is 0 Å². The standard InChI is InChI=1S/C28H46O3Si2/c1-27(2,21-13-17-23-15-9-11-19-25(23)29)33(7,8)31-28(3,4)32(5,6)22-14-18-24-16-10-12-20-26(24)30/h9-12,15-16,19-20,29-30H,13-14,17-18,21-22H2,1-8H3. The van der Waals surface area contributed by atoms with E-state index in [1.807, 2.05) is 36.4 Å². The molecule has 2 rings (SSSR count). The molecule has 0 bridgehead atoms. The van der Waals surface area contributed by atoms with Gasteiger partial charge in [0.05, 0.1) is 8.07 Å². The second-order valence-electron chi connectivity index (χ2n) is 11.9. The lowest BCUT2D eigenvalue weighted by Gasteiger charge is -2.50. The smallest absolute Gasteiger partial charge is 0.192 e. The maximum atomic E-state index is 10.1. The van der Waals surface area contributed by atoms with Crippen molar-refractivity contribution in [1.82, 2.24) is 0 Å². The van der Waals surface area contributed by atoms with E-state index in [-0.39, 0.29) is 10.3 Å². The van der Waals surface area contributed by atoms with E-state index in [1.54, 1.807) is 12.1 Å². The summed E-state index contributed by atoms with van der Waals surface area (Å²) in [6.07, 6.45) is 5.03. The average Bonchev–Trinajstić information content (AvgIpc) is 2.69. The molecule has 2 N–H and O–H groups in total. The van der Waals surface area contributed by atoms with Crippen LogP contribution >= 0.6 is 0 Å². The number of hydrogen-bond acceptors (Lipinski definition) is 3. The third kappa shape index (κ3) is 7.21. The fourth-order valence-electron chi connectivity index (χ4n) is 4.40. The zero-order valence-electron chi connectivity index (χ0n) is 22.2. The second-order valence-corrected chi connectivity index (χ2v) is 21.9. The van der Waals surface area contributed by atoms with Gasteiger partial charge >= 0.3 is 0 Å². The first-order valence-corrected chi connectivity index (χ1v) is 18.5. The van der Waals surface area contributed by atoms with Crippen molar-refractivity contribution >= 4 is 16.4 Å². The van der Waals surface area contributed by atoms with Gasteiger partial charge in [-0.3, -0.25) is 0 Å². The maximum Gasteiger partial charge on any atom is 0.192 e. The second kappa shape index (κ2) is 10.8. The van der Waals surface area contributed by atoms with Gasteiger partial charge in [-0.15, -0.1) is 0 Å². The fourth-order valence-corrected chi connectivity index (χ4v) is 10.3. The summed E-state index contributed by atoms with van der Waals surface area (Å²) in [6.45, 7) is 19.0. The van der Waals surface area contributed by atoms with Gasteiger partial charge in [-0.2, -0.15) is 0 Å². The molecule has 3 nitrogen and oxygen atoms in total. The lowest BCUT2D eigenvalue weighted by Crippen LogP contribution is -2.59. The number of aromatic hydroxyl groups is 2. The molecule has 0 saturated heterocycles. The lowest BCUT2D eigenvalue weighted by molar-refractivity contribution is 0.159. The van der Waals surface area contributed by atoms with Crippen LogP contribution in [0.3, 0.4) is 0 Å². The van der Waals surface area contributed by atoms with Crippen LogP contribution in [0.2, 0.25) is 37.3 Å². The minimum absolute atomic E-state index is 0.115. The summed E-state index contributed by atoms with van der Waals surface area (Å²) >= 11 is 0. The number of phenolic OH excluding ortho intramolecular Hbond substituents is 2. The van der Waals surface area contributed by atoms with Gasteiger partial charge in [-0.05, 0) is 80.9 Å². The quantitative estimate of drug-likeness (QED) is 0.298. The van der Waals surface area contributed by atoms with E-state index < -0.39 is 16.4 Å². The molecule has 0 spiro atoms. The van der Waals surface area contributed by atoms with Crippen LogP contribution < -0.4 is 0 Å². The third-order valence-electron chi connectivity index (χ3n) is 8.25. The first-order valence-electron chi connectivity index (χ1n) is 12.4. The zero-order valence-corrected chi connectivity index (χ0v) is 24.2. The first-order chi connectivity index (χ1) is 15.2. The molecule has 184 valence electrons. The molecule has 5 heteroatoms. The molecule has 0 saturated carbocycles. The van der Waals surface area contributed by atoms with Crippen molar-refractivity contribution in [2.75, 3.05) is 0 Å². The number of phenols is 2. The summed E-state index contributed by atoms with van der Waals surface area (Å²) in [4.78, 5) is 0. The van der Waals surface area contributed by atoms with Crippen molar-refractivity contribution in [2.24, 2.45) is 0 Å². The van der Waals surface area contributed by atoms with Gasteiger partial charge in [-0.1, -0.05) is 75.8 Å². The predicted octanol–water partition coefficient (Wildman–Crippen LogP) is 8.08.